The van der Waals surface area contributed by atoms with Crippen molar-refractivity contribution < 1.29 is 9.47 Å². The van der Waals surface area contributed by atoms with E-state index in [1.54, 1.807) is 14.2 Å². The maximum atomic E-state index is 11.3. The molecule has 1 aromatic rings. The number of hydrogen-bond donors (Lipinski definition) is 0. The van der Waals surface area contributed by atoms with Gasteiger partial charge in [0.05, 0.1) is 13.2 Å². The summed E-state index contributed by atoms with van der Waals surface area (Å²) >= 11 is 0. The van der Waals surface area contributed by atoms with Crippen LogP contribution in [0.2, 0.25) is 0 Å². The Bertz CT molecular complexity index is 332. The van der Waals surface area contributed by atoms with E-state index in [1.165, 1.54) is 15.6 Å². The van der Waals surface area contributed by atoms with E-state index < -0.39 is 0 Å². The van der Waals surface area contributed by atoms with Gasteiger partial charge in [0.25, 0.3) is 0 Å². The SMILES string of the molecule is COCCCOCCn1ncn(C)c1=O. The van der Waals surface area contributed by atoms with E-state index >= 15 is 0 Å². The lowest BCUT2D eigenvalue weighted by Gasteiger charge is -2.02. The smallest absolute Gasteiger partial charge is 0.345 e. The molecule has 1 heterocycles. The fourth-order valence-electron chi connectivity index (χ4n) is 1.13. The summed E-state index contributed by atoms with van der Waals surface area (Å²) < 4.78 is 13.0. The van der Waals surface area contributed by atoms with Gasteiger partial charge in [-0.2, -0.15) is 5.10 Å². The molecule has 0 saturated heterocycles. The minimum Gasteiger partial charge on any atom is -0.385 e. The Balaban J connectivity index is 2.15. The molecule has 0 radical (unpaired) electrons. The van der Waals surface area contributed by atoms with Gasteiger partial charge in [-0.05, 0) is 6.42 Å². The molecular weight excluding hydrogens is 198 g/mol. The summed E-state index contributed by atoms with van der Waals surface area (Å²) in [5.41, 5.74) is -0.115. The molecule has 0 atom stereocenters. The number of methoxy groups -OCH3 is 1. The monoisotopic (exact) mass is 215 g/mol. The summed E-state index contributed by atoms with van der Waals surface area (Å²) in [6, 6.07) is 0. The van der Waals surface area contributed by atoms with Crippen LogP contribution in [-0.2, 0) is 23.1 Å². The molecule has 1 rings (SSSR count). The van der Waals surface area contributed by atoms with Crippen molar-refractivity contribution in [2.24, 2.45) is 7.05 Å². The van der Waals surface area contributed by atoms with Crippen molar-refractivity contribution >= 4 is 0 Å². The van der Waals surface area contributed by atoms with Gasteiger partial charge in [-0.1, -0.05) is 0 Å². The van der Waals surface area contributed by atoms with Crippen LogP contribution in [0.1, 0.15) is 6.42 Å². The van der Waals surface area contributed by atoms with Crippen LogP contribution < -0.4 is 5.69 Å². The van der Waals surface area contributed by atoms with Crippen molar-refractivity contribution in [2.45, 2.75) is 13.0 Å². The van der Waals surface area contributed by atoms with Gasteiger partial charge in [0.2, 0.25) is 0 Å². The minimum atomic E-state index is -0.115. The molecular formula is C9H17N3O3. The molecule has 1 aromatic heterocycles. The second-order valence-electron chi connectivity index (χ2n) is 3.21. The average molecular weight is 215 g/mol. The summed E-state index contributed by atoms with van der Waals surface area (Å²) in [4.78, 5) is 11.3. The van der Waals surface area contributed by atoms with Crippen molar-refractivity contribution in [3.8, 4) is 0 Å². The minimum absolute atomic E-state index is 0.115. The van der Waals surface area contributed by atoms with E-state index in [1.807, 2.05) is 0 Å². The summed E-state index contributed by atoms with van der Waals surface area (Å²) in [5.74, 6) is 0. The average Bonchev–Trinajstić information content (AvgIpc) is 2.54. The fourth-order valence-corrected chi connectivity index (χ4v) is 1.13. The van der Waals surface area contributed by atoms with Crippen LogP contribution in [-0.4, -0.2) is 41.3 Å². The van der Waals surface area contributed by atoms with Crippen LogP contribution in [0.15, 0.2) is 11.1 Å². The van der Waals surface area contributed by atoms with Crippen LogP contribution in [0.25, 0.3) is 0 Å². The van der Waals surface area contributed by atoms with E-state index in [9.17, 15) is 4.79 Å². The lowest BCUT2D eigenvalue weighted by atomic mass is 10.5. The highest BCUT2D eigenvalue weighted by molar-refractivity contribution is 4.64. The molecule has 0 fully saturated rings. The number of aromatic nitrogens is 3. The number of rotatable bonds is 7. The number of nitrogens with zero attached hydrogens (tertiary/aromatic N) is 3. The highest BCUT2D eigenvalue weighted by Gasteiger charge is 2.00. The Morgan fingerprint density at radius 2 is 2.20 bits per heavy atom. The summed E-state index contributed by atoms with van der Waals surface area (Å²) in [6.45, 7) is 2.34. The summed E-state index contributed by atoms with van der Waals surface area (Å²) in [7, 11) is 3.33. The molecule has 6 nitrogen and oxygen atoms in total. The van der Waals surface area contributed by atoms with Crippen molar-refractivity contribution in [1.29, 1.82) is 0 Å². The molecule has 86 valence electrons. The largest absolute Gasteiger partial charge is 0.385 e. The van der Waals surface area contributed by atoms with Crippen LogP contribution in [0.4, 0.5) is 0 Å². The molecule has 0 bridgehead atoms. The van der Waals surface area contributed by atoms with E-state index in [-0.39, 0.29) is 5.69 Å². The zero-order valence-corrected chi connectivity index (χ0v) is 9.18. The third kappa shape index (κ3) is 3.85. The van der Waals surface area contributed by atoms with Gasteiger partial charge in [0.1, 0.15) is 6.33 Å². The predicted molar refractivity (Wildman–Crippen MR) is 54.8 cm³/mol. The predicted octanol–water partition coefficient (Wildman–Crippen LogP) is -0.365. The Kier molecular flexibility index (Phi) is 5.06. The molecule has 0 aliphatic heterocycles. The van der Waals surface area contributed by atoms with Crippen molar-refractivity contribution in [3.63, 3.8) is 0 Å². The van der Waals surface area contributed by atoms with Crippen molar-refractivity contribution in [3.05, 3.63) is 16.8 Å². The molecule has 0 aliphatic carbocycles. The van der Waals surface area contributed by atoms with Gasteiger partial charge in [0.15, 0.2) is 0 Å². The van der Waals surface area contributed by atoms with Crippen LogP contribution in [0.3, 0.4) is 0 Å². The third-order valence-corrected chi connectivity index (χ3v) is 1.97. The Morgan fingerprint density at radius 3 is 2.80 bits per heavy atom. The van der Waals surface area contributed by atoms with E-state index in [2.05, 4.69) is 5.10 Å². The summed E-state index contributed by atoms with van der Waals surface area (Å²) in [6.07, 6.45) is 2.36. The Hall–Kier alpha value is -1.14. The first-order valence-corrected chi connectivity index (χ1v) is 4.91. The fraction of sp³-hybridized carbons (Fsp3) is 0.778. The lowest BCUT2D eigenvalue weighted by molar-refractivity contribution is 0.0955. The van der Waals surface area contributed by atoms with E-state index in [4.69, 9.17) is 9.47 Å². The molecule has 6 heteroatoms. The Labute approximate surface area is 88.4 Å². The molecule has 0 amide bonds. The van der Waals surface area contributed by atoms with E-state index in [0.29, 0.717) is 26.4 Å². The van der Waals surface area contributed by atoms with Gasteiger partial charge < -0.3 is 9.47 Å². The van der Waals surface area contributed by atoms with Gasteiger partial charge in [0, 0.05) is 27.4 Å². The van der Waals surface area contributed by atoms with Gasteiger partial charge in [-0.3, -0.25) is 4.57 Å². The lowest BCUT2D eigenvalue weighted by Crippen LogP contribution is -2.25. The summed E-state index contributed by atoms with van der Waals surface area (Å²) in [5, 5.41) is 3.91. The number of ether oxygens (including phenoxy) is 2. The maximum absolute atomic E-state index is 11.3. The number of hydrogen-bond acceptors (Lipinski definition) is 4. The highest BCUT2D eigenvalue weighted by Crippen LogP contribution is 1.85. The Morgan fingerprint density at radius 1 is 1.40 bits per heavy atom. The van der Waals surface area contributed by atoms with Crippen LogP contribution in [0.5, 0.6) is 0 Å². The van der Waals surface area contributed by atoms with Gasteiger partial charge in [-0.15, -0.1) is 0 Å². The van der Waals surface area contributed by atoms with Crippen molar-refractivity contribution in [2.75, 3.05) is 26.9 Å². The molecule has 0 unspecified atom stereocenters. The zero-order chi connectivity index (χ0) is 11.1. The van der Waals surface area contributed by atoms with E-state index in [0.717, 1.165) is 6.42 Å². The molecule has 15 heavy (non-hydrogen) atoms. The van der Waals surface area contributed by atoms with Gasteiger partial charge >= 0.3 is 5.69 Å². The van der Waals surface area contributed by atoms with Gasteiger partial charge in [-0.25, -0.2) is 9.48 Å². The number of aryl methyl sites for hydroxylation is 1. The first kappa shape index (κ1) is 11.9. The molecule has 0 aromatic carbocycles. The normalized spacial score (nSPS) is 10.8. The second kappa shape index (κ2) is 6.36. The quantitative estimate of drug-likeness (QED) is 0.583. The first-order chi connectivity index (χ1) is 7.25. The molecule has 0 N–H and O–H groups in total. The zero-order valence-electron chi connectivity index (χ0n) is 9.18. The van der Waals surface area contributed by atoms with Crippen LogP contribution in [0, 0.1) is 0 Å². The maximum Gasteiger partial charge on any atom is 0.345 e. The van der Waals surface area contributed by atoms with Crippen LogP contribution >= 0.6 is 0 Å². The standard InChI is InChI=1S/C9H17N3O3/c1-11-8-10-12(9(11)13)4-7-15-6-3-5-14-2/h8H,3-7H2,1-2H3. The highest BCUT2D eigenvalue weighted by atomic mass is 16.5. The topological polar surface area (TPSA) is 58.3 Å². The molecule has 0 saturated carbocycles. The third-order valence-electron chi connectivity index (χ3n) is 1.97. The molecule has 0 spiro atoms. The first-order valence-electron chi connectivity index (χ1n) is 4.91. The molecule has 0 aliphatic rings. The second-order valence-corrected chi connectivity index (χ2v) is 3.21. The van der Waals surface area contributed by atoms with Crippen molar-refractivity contribution in [1.82, 2.24) is 14.3 Å².